The van der Waals surface area contributed by atoms with E-state index < -0.39 is 33.7 Å². The van der Waals surface area contributed by atoms with Gasteiger partial charge in [-0.1, -0.05) is 114 Å². The molecule has 10 heteroatoms. The van der Waals surface area contributed by atoms with Crippen LogP contribution >= 0.6 is 0 Å². The minimum atomic E-state index is -3.79. The molecule has 0 heterocycles. The number of benzene rings is 2. The van der Waals surface area contributed by atoms with Gasteiger partial charge in [-0.15, -0.1) is 4.41 Å². The lowest BCUT2D eigenvalue weighted by atomic mass is 9.82. The zero-order valence-corrected chi connectivity index (χ0v) is 28.8. The number of allylic oxidation sites excluding steroid dienone is 1. The number of nitrogens with one attached hydrogen (secondary N) is 2. The molecule has 2 atom stereocenters. The molecule has 250 valence electrons. The quantitative estimate of drug-likeness (QED) is 0.170. The zero-order valence-electron chi connectivity index (χ0n) is 27.9. The summed E-state index contributed by atoms with van der Waals surface area (Å²) in [7, 11) is -3.79. The molecule has 0 fully saturated rings. The van der Waals surface area contributed by atoms with Crippen molar-refractivity contribution in [3.05, 3.63) is 77.9 Å². The molecule has 2 N–H and O–H groups in total. The first-order valence-electron chi connectivity index (χ1n) is 16.2. The van der Waals surface area contributed by atoms with Crippen molar-refractivity contribution in [3.63, 3.8) is 0 Å². The highest BCUT2D eigenvalue weighted by molar-refractivity contribution is 7.89. The maximum Gasteiger partial charge on any atom is 0.247 e. The molecule has 0 radical (unpaired) electrons. The molecule has 2 aromatic carbocycles. The fourth-order valence-corrected chi connectivity index (χ4v) is 6.53. The fourth-order valence-electron chi connectivity index (χ4n) is 5.06. The Bertz CT molecular complexity index is 1270. The minimum Gasteiger partial charge on any atom is -0.304 e. The summed E-state index contributed by atoms with van der Waals surface area (Å²) in [5.74, 6) is -2.55. The highest BCUT2D eigenvalue weighted by Crippen LogP contribution is 2.26. The summed E-state index contributed by atoms with van der Waals surface area (Å²) in [6.07, 6.45) is 4.91. The molecule has 0 aliphatic heterocycles. The molecule has 2 amide bonds. The predicted molar refractivity (Wildman–Crippen MR) is 182 cm³/mol. The first-order chi connectivity index (χ1) is 21.5. The van der Waals surface area contributed by atoms with E-state index >= 15 is 0 Å². The zero-order chi connectivity index (χ0) is 33.2. The van der Waals surface area contributed by atoms with E-state index in [0.29, 0.717) is 19.4 Å². The topological polar surface area (TPSA) is 108 Å². The van der Waals surface area contributed by atoms with E-state index in [1.165, 1.54) is 0 Å². The van der Waals surface area contributed by atoms with E-state index in [-0.39, 0.29) is 37.2 Å². The van der Waals surface area contributed by atoms with Gasteiger partial charge in [-0.2, -0.15) is 0 Å². The van der Waals surface area contributed by atoms with Crippen LogP contribution in [0.2, 0.25) is 0 Å². The molecule has 0 unspecified atom stereocenters. The second-order valence-electron chi connectivity index (χ2n) is 12.2. The third-order valence-corrected chi connectivity index (χ3v) is 9.23. The van der Waals surface area contributed by atoms with E-state index in [1.807, 2.05) is 114 Å². The largest absolute Gasteiger partial charge is 0.304 e. The van der Waals surface area contributed by atoms with Gasteiger partial charge in [0.1, 0.15) is 0 Å². The van der Waals surface area contributed by atoms with Gasteiger partial charge in [-0.3, -0.25) is 19.9 Å². The molecule has 0 spiro atoms. The molecular weight excluding hydrogens is 588 g/mol. The van der Waals surface area contributed by atoms with E-state index in [2.05, 4.69) is 15.8 Å². The molecule has 2 rings (SSSR count). The average molecular weight is 643 g/mol. The van der Waals surface area contributed by atoms with E-state index in [9.17, 15) is 18.0 Å². The van der Waals surface area contributed by atoms with Gasteiger partial charge in [0, 0.05) is 6.54 Å². The maximum atomic E-state index is 14.0. The molecule has 45 heavy (non-hydrogen) atoms. The lowest BCUT2D eigenvalue weighted by Crippen LogP contribution is -2.52. The number of amides is 2. The number of hydrogen-bond donors (Lipinski definition) is 2. The fraction of sp³-hybridized carbons (Fsp3) is 0.543. The lowest BCUT2D eigenvalue weighted by molar-refractivity contribution is -0.145. The Kier molecular flexibility index (Phi) is 17.1. The highest BCUT2D eigenvalue weighted by atomic mass is 32.2. The van der Waals surface area contributed by atoms with Crippen molar-refractivity contribution in [3.8, 4) is 0 Å². The Hall–Kier alpha value is -3.05. The van der Waals surface area contributed by atoms with Gasteiger partial charge in [0.25, 0.3) is 0 Å². The van der Waals surface area contributed by atoms with Crippen molar-refractivity contribution in [2.24, 2.45) is 23.7 Å². The van der Waals surface area contributed by atoms with Crippen molar-refractivity contribution < 1.29 is 22.8 Å². The predicted octanol–water partition coefficient (Wildman–Crippen LogP) is 5.67. The van der Waals surface area contributed by atoms with Crippen LogP contribution in [0.3, 0.4) is 0 Å². The number of carbonyl (C=O) groups excluding carboxylic acids is 2. The summed E-state index contributed by atoms with van der Waals surface area (Å²) in [5.41, 5.74) is 7.16. The molecule has 0 aliphatic carbocycles. The van der Waals surface area contributed by atoms with Gasteiger partial charge in [0.2, 0.25) is 21.8 Å². The van der Waals surface area contributed by atoms with Gasteiger partial charge in [-0.25, -0.2) is 13.9 Å². The summed E-state index contributed by atoms with van der Waals surface area (Å²) in [4.78, 5) is 35.4. The molecule has 0 aliphatic rings. The van der Waals surface area contributed by atoms with Crippen molar-refractivity contribution in [1.29, 1.82) is 0 Å². The van der Waals surface area contributed by atoms with Crippen molar-refractivity contribution in [1.82, 2.24) is 20.2 Å². The summed E-state index contributed by atoms with van der Waals surface area (Å²) >= 11 is 0. The van der Waals surface area contributed by atoms with Gasteiger partial charge < -0.3 is 4.90 Å². The second-order valence-corrected chi connectivity index (χ2v) is 14.2. The first-order valence-corrected chi connectivity index (χ1v) is 17.8. The standard InChI is InChI=1S/C35H54N4O5S/c1-7-38(8-2)23-16-24-45(42,43)39(26-29(5)6)36-34(40)33(25-28(3)4)32(22-15-21-30-17-11-9-12-18-30)35(41)37-44-27-31-19-13-10-14-20-31/h9-15,17-21,28-29,32-33H,7-8,16,22-27H2,1-6H3,(H,36,40)(H,37,41)/b21-15+/t32-,33+/m0/s1. The summed E-state index contributed by atoms with van der Waals surface area (Å²) in [5, 5.41) is 0. The van der Waals surface area contributed by atoms with Crippen molar-refractivity contribution in [2.45, 2.75) is 67.4 Å². The number of sulfonamides is 1. The lowest BCUT2D eigenvalue weighted by Gasteiger charge is -2.30. The first kappa shape index (κ1) is 38.1. The Morgan fingerprint density at radius 1 is 0.867 bits per heavy atom. The molecular formula is C35H54N4O5S. The molecule has 0 bridgehead atoms. The number of hydrazine groups is 1. The Balaban J connectivity index is 2.30. The molecule has 0 saturated carbocycles. The van der Waals surface area contributed by atoms with Crippen LogP contribution in [-0.2, 0) is 31.1 Å². The third-order valence-electron chi connectivity index (χ3n) is 7.51. The monoisotopic (exact) mass is 642 g/mol. The van der Waals surface area contributed by atoms with Crippen LogP contribution in [0.25, 0.3) is 6.08 Å². The Labute approximate surface area is 271 Å². The Morgan fingerprint density at radius 2 is 1.49 bits per heavy atom. The minimum absolute atomic E-state index is 0.0225. The van der Waals surface area contributed by atoms with Crippen LogP contribution in [0.1, 0.15) is 71.9 Å². The average Bonchev–Trinajstić information content (AvgIpc) is 3.00. The van der Waals surface area contributed by atoms with Crippen molar-refractivity contribution in [2.75, 3.05) is 31.9 Å². The highest BCUT2D eigenvalue weighted by Gasteiger charge is 2.36. The molecule has 2 aromatic rings. The molecule has 0 aromatic heterocycles. The van der Waals surface area contributed by atoms with Gasteiger partial charge >= 0.3 is 0 Å². The van der Waals surface area contributed by atoms with Crippen LogP contribution in [0.4, 0.5) is 0 Å². The van der Waals surface area contributed by atoms with Crippen LogP contribution in [0.15, 0.2) is 66.7 Å². The summed E-state index contributed by atoms with van der Waals surface area (Å²) in [6, 6.07) is 19.2. The van der Waals surface area contributed by atoms with Gasteiger partial charge in [-0.05, 0) is 61.9 Å². The normalized spacial score (nSPS) is 13.6. The smallest absolute Gasteiger partial charge is 0.247 e. The maximum absolute atomic E-state index is 14.0. The number of rotatable bonds is 21. The molecule has 9 nitrogen and oxygen atoms in total. The van der Waals surface area contributed by atoms with Crippen LogP contribution < -0.4 is 10.9 Å². The summed E-state index contributed by atoms with van der Waals surface area (Å²) in [6.45, 7) is 14.5. The van der Waals surface area contributed by atoms with Crippen LogP contribution in [0.5, 0.6) is 0 Å². The second kappa shape index (κ2) is 20.2. The number of hydroxylamine groups is 1. The van der Waals surface area contributed by atoms with Gasteiger partial charge in [0.15, 0.2) is 0 Å². The number of nitrogens with zero attached hydrogens (tertiary/aromatic N) is 2. The SMILES string of the molecule is CCN(CC)CCCS(=O)(=O)N(CC(C)C)NC(=O)[C@H](CC(C)C)[C@H](C/C=C/c1ccccc1)C(=O)NOCc1ccccc1. The van der Waals surface area contributed by atoms with Crippen LogP contribution in [-0.4, -0.2) is 61.5 Å². The van der Waals surface area contributed by atoms with Crippen molar-refractivity contribution >= 4 is 27.9 Å². The van der Waals surface area contributed by atoms with Crippen LogP contribution in [0, 0.1) is 23.7 Å². The summed E-state index contributed by atoms with van der Waals surface area (Å²) < 4.78 is 28.1. The van der Waals surface area contributed by atoms with E-state index in [1.54, 1.807) is 0 Å². The third kappa shape index (κ3) is 14.3. The Morgan fingerprint density at radius 3 is 2.07 bits per heavy atom. The number of hydrogen-bond acceptors (Lipinski definition) is 6. The van der Waals surface area contributed by atoms with E-state index in [4.69, 9.17) is 4.84 Å². The number of carbonyl (C=O) groups is 2. The van der Waals surface area contributed by atoms with Gasteiger partial charge in [0.05, 0.1) is 24.2 Å². The molecule has 0 saturated heterocycles. The van der Waals surface area contributed by atoms with E-state index in [0.717, 1.165) is 28.6 Å².